The molecule has 0 bridgehead atoms. The number of benzene rings is 1. The Bertz CT molecular complexity index is 289. The average molecular weight is 182 g/mol. The Labute approximate surface area is 75.5 Å². The van der Waals surface area contributed by atoms with Gasteiger partial charge >= 0.3 is 0 Å². The van der Waals surface area contributed by atoms with Gasteiger partial charge in [0.05, 0.1) is 0 Å². The second-order valence-corrected chi connectivity index (χ2v) is 2.74. The van der Waals surface area contributed by atoms with Crippen LogP contribution in [0.15, 0.2) is 30.3 Å². The first kappa shape index (κ1) is 9.67. The molecule has 0 fully saturated rings. The molecule has 1 amide bonds. The Hall–Kier alpha value is -1.42. The van der Waals surface area contributed by atoms with Crippen LogP contribution < -0.4 is 11.5 Å². The number of carbonyl (C=O) groups is 1. The maximum Gasteiger partial charge on any atom is 0.237 e. The lowest BCUT2D eigenvalue weighted by Gasteiger charge is -2.12. The van der Waals surface area contributed by atoms with Crippen molar-refractivity contribution in [1.29, 1.82) is 0 Å². The monoisotopic (exact) mass is 182 g/mol. The Morgan fingerprint density at radius 2 is 1.85 bits per heavy atom. The number of amides is 1. The number of carbonyl (C=O) groups excluding carboxylic acids is 1. The Balaban J connectivity index is 2.79. The molecule has 1 aromatic carbocycles. The van der Waals surface area contributed by atoms with Crippen molar-refractivity contribution in [3.8, 4) is 0 Å². The third-order valence-electron chi connectivity index (χ3n) is 1.76. The van der Waals surface area contributed by atoms with Crippen LogP contribution in [0.25, 0.3) is 0 Å². The lowest BCUT2D eigenvalue weighted by Crippen LogP contribution is -2.39. The number of hydrogen-bond donors (Lipinski definition) is 2. The number of primary amides is 1. The van der Waals surface area contributed by atoms with Gasteiger partial charge in [0.1, 0.15) is 12.2 Å². The van der Waals surface area contributed by atoms with E-state index in [0.29, 0.717) is 5.56 Å². The summed E-state index contributed by atoms with van der Waals surface area (Å²) < 4.78 is 13.4. The fourth-order valence-corrected chi connectivity index (χ4v) is 0.988. The summed E-state index contributed by atoms with van der Waals surface area (Å²) >= 11 is 0. The van der Waals surface area contributed by atoms with E-state index in [4.69, 9.17) is 11.5 Å². The third-order valence-corrected chi connectivity index (χ3v) is 1.76. The molecular weight excluding hydrogens is 171 g/mol. The molecule has 2 atom stereocenters. The van der Waals surface area contributed by atoms with Gasteiger partial charge in [-0.25, -0.2) is 4.39 Å². The molecule has 3 nitrogen and oxygen atoms in total. The summed E-state index contributed by atoms with van der Waals surface area (Å²) in [6.45, 7) is 0. The lowest BCUT2D eigenvalue weighted by molar-refractivity contribution is -0.120. The number of rotatable bonds is 3. The summed E-state index contributed by atoms with van der Waals surface area (Å²) in [7, 11) is 0. The molecule has 0 aromatic heterocycles. The van der Waals surface area contributed by atoms with E-state index in [1.807, 2.05) is 0 Å². The van der Waals surface area contributed by atoms with Crippen LogP contribution in [0.2, 0.25) is 0 Å². The molecule has 70 valence electrons. The zero-order chi connectivity index (χ0) is 9.84. The van der Waals surface area contributed by atoms with Gasteiger partial charge in [0, 0.05) is 0 Å². The first-order chi connectivity index (χ1) is 6.13. The van der Waals surface area contributed by atoms with Crippen molar-refractivity contribution in [2.75, 3.05) is 0 Å². The van der Waals surface area contributed by atoms with Gasteiger partial charge in [-0.2, -0.15) is 0 Å². The van der Waals surface area contributed by atoms with Crippen LogP contribution in [0.1, 0.15) is 11.7 Å². The molecule has 1 rings (SSSR count). The van der Waals surface area contributed by atoms with Crippen LogP contribution in [0.3, 0.4) is 0 Å². The molecule has 4 heteroatoms. The van der Waals surface area contributed by atoms with E-state index in [0.717, 1.165) is 0 Å². The van der Waals surface area contributed by atoms with Crippen molar-refractivity contribution in [3.05, 3.63) is 35.9 Å². The van der Waals surface area contributed by atoms with Crippen LogP contribution in [0.4, 0.5) is 4.39 Å². The van der Waals surface area contributed by atoms with E-state index in [1.54, 1.807) is 30.3 Å². The highest BCUT2D eigenvalue weighted by Gasteiger charge is 2.23. The summed E-state index contributed by atoms with van der Waals surface area (Å²) in [5.74, 6) is -0.837. The highest BCUT2D eigenvalue weighted by Crippen LogP contribution is 2.19. The molecule has 0 saturated heterocycles. The van der Waals surface area contributed by atoms with E-state index in [9.17, 15) is 9.18 Å². The van der Waals surface area contributed by atoms with Gasteiger partial charge in [-0.3, -0.25) is 4.79 Å². The lowest BCUT2D eigenvalue weighted by atomic mass is 10.0. The maximum absolute atomic E-state index is 13.4. The topological polar surface area (TPSA) is 69.1 Å². The van der Waals surface area contributed by atoms with E-state index < -0.39 is 18.1 Å². The Kier molecular flexibility index (Phi) is 2.97. The van der Waals surface area contributed by atoms with Gasteiger partial charge in [0.15, 0.2) is 0 Å². The largest absolute Gasteiger partial charge is 0.368 e. The number of halogens is 1. The van der Waals surface area contributed by atoms with Gasteiger partial charge in [-0.05, 0) is 5.56 Å². The van der Waals surface area contributed by atoms with Crippen LogP contribution in [-0.4, -0.2) is 11.9 Å². The van der Waals surface area contributed by atoms with Gasteiger partial charge in [-0.1, -0.05) is 30.3 Å². The fourth-order valence-electron chi connectivity index (χ4n) is 0.988. The number of hydrogen-bond acceptors (Lipinski definition) is 2. The van der Waals surface area contributed by atoms with Crippen molar-refractivity contribution in [1.82, 2.24) is 0 Å². The van der Waals surface area contributed by atoms with Crippen molar-refractivity contribution in [3.63, 3.8) is 0 Å². The smallest absolute Gasteiger partial charge is 0.237 e. The van der Waals surface area contributed by atoms with E-state index in [1.165, 1.54) is 0 Å². The molecule has 0 aliphatic rings. The number of alkyl halides is 1. The Morgan fingerprint density at radius 3 is 2.31 bits per heavy atom. The van der Waals surface area contributed by atoms with E-state index in [2.05, 4.69) is 0 Å². The van der Waals surface area contributed by atoms with Crippen LogP contribution in [-0.2, 0) is 4.79 Å². The minimum Gasteiger partial charge on any atom is -0.368 e. The predicted octanol–water partition coefficient (Wildman–Crippen LogP) is 0.510. The molecule has 1 aromatic rings. The normalized spacial score (nSPS) is 14.9. The maximum atomic E-state index is 13.4. The third kappa shape index (κ3) is 2.26. The summed E-state index contributed by atoms with van der Waals surface area (Å²) in [6, 6.07) is 6.96. The minimum absolute atomic E-state index is 0.369. The molecule has 0 heterocycles. The quantitative estimate of drug-likeness (QED) is 0.715. The predicted molar refractivity (Wildman–Crippen MR) is 47.5 cm³/mol. The highest BCUT2D eigenvalue weighted by atomic mass is 19.1. The van der Waals surface area contributed by atoms with Crippen molar-refractivity contribution in [2.24, 2.45) is 11.5 Å². The second-order valence-electron chi connectivity index (χ2n) is 2.74. The van der Waals surface area contributed by atoms with Gasteiger partial charge in [0.2, 0.25) is 5.91 Å². The van der Waals surface area contributed by atoms with E-state index >= 15 is 0 Å². The van der Waals surface area contributed by atoms with Crippen molar-refractivity contribution < 1.29 is 9.18 Å². The summed E-state index contributed by atoms with van der Waals surface area (Å²) in [5.41, 5.74) is 10.5. The van der Waals surface area contributed by atoms with Crippen LogP contribution in [0.5, 0.6) is 0 Å². The van der Waals surface area contributed by atoms with Gasteiger partial charge in [-0.15, -0.1) is 0 Å². The van der Waals surface area contributed by atoms with Crippen molar-refractivity contribution in [2.45, 2.75) is 12.2 Å². The minimum atomic E-state index is -1.53. The molecule has 0 saturated carbocycles. The molecule has 0 radical (unpaired) electrons. The molecule has 13 heavy (non-hydrogen) atoms. The first-order valence-corrected chi connectivity index (χ1v) is 3.87. The van der Waals surface area contributed by atoms with Gasteiger partial charge in [0.25, 0.3) is 0 Å². The molecular formula is C9H11FN2O. The van der Waals surface area contributed by atoms with Crippen molar-refractivity contribution >= 4 is 5.91 Å². The molecule has 4 N–H and O–H groups in total. The zero-order valence-corrected chi connectivity index (χ0v) is 6.98. The summed E-state index contributed by atoms with van der Waals surface area (Å²) in [5, 5.41) is 0. The highest BCUT2D eigenvalue weighted by molar-refractivity contribution is 5.80. The standard InChI is InChI=1S/C9H11FN2O/c10-7(8(11)9(12)13)6-4-2-1-3-5-6/h1-5,7-8H,11H2,(H2,12,13)/t7-,8-/m1/s1. The van der Waals surface area contributed by atoms with Crippen LogP contribution >= 0.6 is 0 Å². The SMILES string of the molecule is NC(=O)[C@H](N)[C@H](F)c1ccccc1. The summed E-state index contributed by atoms with van der Waals surface area (Å²) in [6.07, 6.45) is -1.53. The molecule has 0 spiro atoms. The average Bonchev–Trinajstić information content (AvgIpc) is 2.17. The Morgan fingerprint density at radius 1 is 1.31 bits per heavy atom. The summed E-state index contributed by atoms with van der Waals surface area (Å²) in [4.78, 5) is 10.6. The van der Waals surface area contributed by atoms with Crippen LogP contribution in [0, 0.1) is 0 Å². The second kappa shape index (κ2) is 4.00. The van der Waals surface area contributed by atoms with E-state index in [-0.39, 0.29) is 0 Å². The zero-order valence-electron chi connectivity index (χ0n) is 6.98. The number of nitrogens with two attached hydrogens (primary N) is 2. The molecule has 0 unspecified atom stereocenters. The molecule has 0 aliphatic heterocycles. The first-order valence-electron chi connectivity index (χ1n) is 3.87. The molecule has 0 aliphatic carbocycles. The van der Waals surface area contributed by atoms with Gasteiger partial charge < -0.3 is 11.5 Å². The fraction of sp³-hybridized carbons (Fsp3) is 0.222.